The van der Waals surface area contributed by atoms with Crippen molar-refractivity contribution in [1.82, 2.24) is 9.97 Å². The Morgan fingerprint density at radius 2 is 2.33 bits per heavy atom. The monoisotopic (exact) mass is 235 g/mol. The Balaban J connectivity index is 3.17. The van der Waals surface area contributed by atoms with Crippen LogP contribution in [0.1, 0.15) is 5.69 Å². The van der Waals surface area contributed by atoms with E-state index < -0.39 is 0 Å². The van der Waals surface area contributed by atoms with Gasteiger partial charge in [-0.05, 0) is 6.92 Å². The highest BCUT2D eigenvalue weighted by molar-refractivity contribution is 14.1. The van der Waals surface area contributed by atoms with E-state index >= 15 is 0 Å². The number of rotatable bonds is 0. The largest absolute Gasteiger partial charge is 0.396 e. The number of nitrogens with zero attached hydrogens (tertiary/aromatic N) is 2. The van der Waals surface area contributed by atoms with Gasteiger partial charge < -0.3 is 5.73 Å². The molecule has 0 bridgehead atoms. The van der Waals surface area contributed by atoms with Crippen LogP contribution in [0.15, 0.2) is 6.20 Å². The highest BCUT2D eigenvalue weighted by atomic mass is 127. The minimum atomic E-state index is 0.649. The van der Waals surface area contributed by atoms with Gasteiger partial charge in [0.25, 0.3) is 0 Å². The van der Waals surface area contributed by atoms with Crippen LogP contribution in [0, 0.1) is 10.8 Å². The van der Waals surface area contributed by atoms with Crippen LogP contribution in [0.2, 0.25) is 0 Å². The molecule has 0 fully saturated rings. The second kappa shape index (κ2) is 2.47. The van der Waals surface area contributed by atoms with E-state index in [0.717, 1.165) is 9.53 Å². The third-order valence-electron chi connectivity index (χ3n) is 0.988. The topological polar surface area (TPSA) is 51.8 Å². The van der Waals surface area contributed by atoms with Crippen molar-refractivity contribution in [2.45, 2.75) is 6.92 Å². The van der Waals surface area contributed by atoms with Crippen molar-refractivity contribution >= 4 is 28.3 Å². The van der Waals surface area contributed by atoms with Crippen LogP contribution in [0.5, 0.6) is 0 Å². The Labute approximate surface area is 66.8 Å². The minimum Gasteiger partial charge on any atom is -0.396 e. The molecule has 0 aromatic carbocycles. The fourth-order valence-electron chi connectivity index (χ4n) is 0.448. The van der Waals surface area contributed by atoms with Crippen LogP contribution < -0.4 is 5.73 Å². The standard InChI is InChI=1S/C5H6IN3/c1-3-4(7)2-8-5(6)9-3/h2H,7H2,1H3. The zero-order chi connectivity index (χ0) is 6.85. The molecule has 2 N–H and O–H groups in total. The van der Waals surface area contributed by atoms with Gasteiger partial charge in [0, 0.05) is 22.6 Å². The molecule has 0 saturated carbocycles. The SMILES string of the molecule is Cc1nc(I)ncc1N. The van der Waals surface area contributed by atoms with E-state index in [-0.39, 0.29) is 0 Å². The molecule has 0 aliphatic heterocycles. The Hall–Kier alpha value is -0.390. The average molecular weight is 235 g/mol. The van der Waals surface area contributed by atoms with Gasteiger partial charge in [-0.2, -0.15) is 0 Å². The fraction of sp³-hybridized carbons (Fsp3) is 0.200. The summed E-state index contributed by atoms with van der Waals surface area (Å²) in [4.78, 5) is 7.91. The zero-order valence-corrected chi connectivity index (χ0v) is 7.08. The van der Waals surface area contributed by atoms with E-state index in [4.69, 9.17) is 5.73 Å². The average Bonchev–Trinajstić information content (AvgIpc) is 1.80. The molecule has 0 saturated heterocycles. The van der Waals surface area contributed by atoms with Crippen molar-refractivity contribution in [1.29, 1.82) is 0 Å². The smallest absolute Gasteiger partial charge is 0.191 e. The Kier molecular flexibility index (Phi) is 1.84. The molecular formula is C5H6IN3. The second-order valence-corrected chi connectivity index (χ2v) is 2.64. The van der Waals surface area contributed by atoms with Gasteiger partial charge in [-0.25, -0.2) is 9.97 Å². The van der Waals surface area contributed by atoms with Crippen LogP contribution in [-0.2, 0) is 0 Å². The molecule has 4 heteroatoms. The Bertz CT molecular complexity index is 223. The Morgan fingerprint density at radius 1 is 1.67 bits per heavy atom. The van der Waals surface area contributed by atoms with Crippen molar-refractivity contribution in [2.24, 2.45) is 0 Å². The van der Waals surface area contributed by atoms with Crippen LogP contribution in [0.25, 0.3) is 0 Å². The van der Waals surface area contributed by atoms with Gasteiger partial charge in [0.05, 0.1) is 17.6 Å². The van der Waals surface area contributed by atoms with Gasteiger partial charge >= 0.3 is 0 Å². The number of aromatic nitrogens is 2. The van der Waals surface area contributed by atoms with Gasteiger partial charge in [-0.3, -0.25) is 0 Å². The highest BCUT2D eigenvalue weighted by Crippen LogP contribution is 2.05. The van der Waals surface area contributed by atoms with E-state index in [2.05, 4.69) is 9.97 Å². The first kappa shape index (κ1) is 6.73. The number of anilines is 1. The summed E-state index contributed by atoms with van der Waals surface area (Å²) in [5.41, 5.74) is 6.95. The van der Waals surface area contributed by atoms with Gasteiger partial charge in [0.2, 0.25) is 0 Å². The maximum Gasteiger partial charge on any atom is 0.191 e. The molecular weight excluding hydrogens is 229 g/mol. The van der Waals surface area contributed by atoms with Gasteiger partial charge in [-0.1, -0.05) is 0 Å². The zero-order valence-electron chi connectivity index (χ0n) is 4.93. The number of nitrogens with two attached hydrogens (primary N) is 1. The lowest BCUT2D eigenvalue weighted by Crippen LogP contribution is -1.96. The lowest BCUT2D eigenvalue weighted by atomic mass is 10.4. The first-order valence-electron chi connectivity index (χ1n) is 2.45. The van der Waals surface area contributed by atoms with Gasteiger partial charge in [-0.15, -0.1) is 0 Å². The third-order valence-corrected chi connectivity index (χ3v) is 1.51. The van der Waals surface area contributed by atoms with E-state index in [9.17, 15) is 0 Å². The quantitative estimate of drug-likeness (QED) is 0.538. The van der Waals surface area contributed by atoms with Crippen molar-refractivity contribution < 1.29 is 0 Å². The molecule has 0 radical (unpaired) electrons. The summed E-state index contributed by atoms with van der Waals surface area (Å²) in [6.07, 6.45) is 1.62. The predicted octanol–water partition coefficient (Wildman–Crippen LogP) is 0.972. The summed E-state index contributed by atoms with van der Waals surface area (Å²) in [5.74, 6) is 0. The summed E-state index contributed by atoms with van der Waals surface area (Å²) in [6.45, 7) is 1.86. The maximum absolute atomic E-state index is 5.46. The van der Waals surface area contributed by atoms with Crippen molar-refractivity contribution in [3.05, 3.63) is 15.7 Å². The molecule has 0 unspecified atom stereocenters. The highest BCUT2D eigenvalue weighted by Gasteiger charge is 1.93. The number of nitrogen functional groups attached to an aromatic ring is 1. The molecule has 0 aliphatic carbocycles. The summed E-state index contributed by atoms with van der Waals surface area (Å²) in [7, 11) is 0. The molecule has 48 valence electrons. The molecule has 0 aliphatic rings. The number of halogens is 1. The van der Waals surface area contributed by atoms with Crippen molar-refractivity contribution in [3.63, 3.8) is 0 Å². The van der Waals surface area contributed by atoms with Crippen LogP contribution in [-0.4, -0.2) is 9.97 Å². The normalized spacial score (nSPS) is 9.56. The maximum atomic E-state index is 5.46. The summed E-state index contributed by atoms with van der Waals surface area (Å²) < 4.78 is 0.735. The number of aryl methyl sites for hydroxylation is 1. The van der Waals surface area contributed by atoms with Crippen LogP contribution in [0.4, 0.5) is 5.69 Å². The second-order valence-electron chi connectivity index (χ2n) is 1.68. The molecule has 1 heterocycles. The summed E-state index contributed by atoms with van der Waals surface area (Å²) in [6, 6.07) is 0. The molecule has 1 aromatic heterocycles. The van der Waals surface area contributed by atoms with Gasteiger partial charge in [0.1, 0.15) is 0 Å². The Morgan fingerprint density at radius 3 is 2.78 bits per heavy atom. The summed E-state index contributed by atoms with van der Waals surface area (Å²) >= 11 is 2.04. The molecule has 9 heavy (non-hydrogen) atoms. The molecule has 1 aromatic rings. The first-order valence-corrected chi connectivity index (χ1v) is 3.52. The lowest BCUT2D eigenvalue weighted by molar-refractivity contribution is 1.06. The first-order chi connectivity index (χ1) is 4.20. The van der Waals surface area contributed by atoms with E-state index in [1.54, 1.807) is 6.20 Å². The molecule has 0 amide bonds. The van der Waals surface area contributed by atoms with Gasteiger partial charge in [0.15, 0.2) is 3.83 Å². The van der Waals surface area contributed by atoms with E-state index in [1.807, 2.05) is 29.5 Å². The molecule has 0 atom stereocenters. The van der Waals surface area contributed by atoms with Crippen LogP contribution in [0.3, 0.4) is 0 Å². The minimum absolute atomic E-state index is 0.649. The molecule has 0 spiro atoms. The predicted molar refractivity (Wildman–Crippen MR) is 43.9 cm³/mol. The summed E-state index contributed by atoms with van der Waals surface area (Å²) in [5, 5.41) is 0. The number of hydrogen-bond donors (Lipinski definition) is 1. The van der Waals surface area contributed by atoms with Crippen LogP contribution >= 0.6 is 22.6 Å². The molecule has 1 rings (SSSR count). The molecule has 3 nitrogen and oxygen atoms in total. The fourth-order valence-corrected chi connectivity index (χ4v) is 0.949. The number of hydrogen-bond acceptors (Lipinski definition) is 3. The van der Waals surface area contributed by atoms with E-state index in [0.29, 0.717) is 5.69 Å². The van der Waals surface area contributed by atoms with Crippen molar-refractivity contribution in [2.75, 3.05) is 5.73 Å². The lowest BCUT2D eigenvalue weighted by Gasteiger charge is -1.95. The third kappa shape index (κ3) is 1.51. The van der Waals surface area contributed by atoms with E-state index in [1.165, 1.54) is 0 Å². The van der Waals surface area contributed by atoms with Crippen molar-refractivity contribution in [3.8, 4) is 0 Å².